The maximum atomic E-state index is 12.9. The van der Waals surface area contributed by atoms with E-state index in [-0.39, 0.29) is 16.3 Å². The molecule has 6 heteroatoms. The SMILES string of the molecule is O=C1N=CSC1NCc1ccc(F)c(Cl)c1. The predicted molar refractivity (Wildman–Crippen MR) is 63.1 cm³/mol. The maximum Gasteiger partial charge on any atom is 0.274 e. The lowest BCUT2D eigenvalue weighted by atomic mass is 10.2. The molecular formula is C10H8ClFN2OS. The Morgan fingerprint density at radius 3 is 3.00 bits per heavy atom. The van der Waals surface area contributed by atoms with Crippen LogP contribution in [0.5, 0.6) is 0 Å². The van der Waals surface area contributed by atoms with Crippen molar-refractivity contribution in [2.75, 3.05) is 0 Å². The van der Waals surface area contributed by atoms with Crippen LogP contribution in [0, 0.1) is 5.82 Å². The summed E-state index contributed by atoms with van der Waals surface area (Å²) in [4.78, 5) is 14.8. The van der Waals surface area contributed by atoms with E-state index in [1.807, 2.05) is 0 Å². The molecule has 1 aromatic carbocycles. The monoisotopic (exact) mass is 258 g/mol. The number of nitrogens with zero attached hydrogens (tertiary/aromatic N) is 1. The Balaban J connectivity index is 1.95. The van der Waals surface area contributed by atoms with Crippen molar-refractivity contribution < 1.29 is 9.18 Å². The standard InChI is InChI=1S/C10H8ClFN2OS/c11-7-3-6(1-2-8(7)12)4-13-10-9(15)14-5-16-10/h1-3,5,10,13H,4H2. The summed E-state index contributed by atoms with van der Waals surface area (Å²) in [6.07, 6.45) is 0. The molecule has 0 spiro atoms. The first-order valence-corrected chi connectivity index (χ1v) is 5.88. The van der Waals surface area contributed by atoms with Crippen LogP contribution in [0.25, 0.3) is 0 Å². The first-order chi connectivity index (χ1) is 7.66. The second-order valence-electron chi connectivity index (χ2n) is 3.22. The van der Waals surface area contributed by atoms with Gasteiger partial charge in [0.25, 0.3) is 5.91 Å². The average molecular weight is 259 g/mol. The Bertz CT molecular complexity index is 452. The van der Waals surface area contributed by atoms with Crippen LogP contribution in [0.3, 0.4) is 0 Å². The Hall–Kier alpha value is -0.910. The van der Waals surface area contributed by atoms with Crippen LogP contribution in [-0.4, -0.2) is 16.8 Å². The molecule has 1 heterocycles. The van der Waals surface area contributed by atoms with Gasteiger partial charge in [-0.25, -0.2) is 9.38 Å². The number of rotatable bonds is 3. The van der Waals surface area contributed by atoms with E-state index in [9.17, 15) is 9.18 Å². The number of carbonyl (C=O) groups is 1. The van der Waals surface area contributed by atoms with E-state index in [1.54, 1.807) is 6.07 Å². The van der Waals surface area contributed by atoms with Crippen molar-refractivity contribution in [2.45, 2.75) is 11.9 Å². The van der Waals surface area contributed by atoms with Gasteiger partial charge in [-0.15, -0.1) is 0 Å². The number of halogens is 2. The highest BCUT2D eigenvalue weighted by molar-refractivity contribution is 8.13. The van der Waals surface area contributed by atoms with Crippen molar-refractivity contribution in [3.8, 4) is 0 Å². The predicted octanol–water partition coefficient (Wildman–Crippen LogP) is 2.20. The summed E-state index contributed by atoms with van der Waals surface area (Å²) >= 11 is 6.96. The normalized spacial score (nSPS) is 19.4. The van der Waals surface area contributed by atoms with Gasteiger partial charge < -0.3 is 0 Å². The highest BCUT2D eigenvalue weighted by Crippen LogP contribution is 2.18. The molecule has 1 amide bonds. The quantitative estimate of drug-likeness (QED) is 0.904. The molecule has 0 fully saturated rings. The minimum atomic E-state index is -0.444. The zero-order valence-corrected chi connectivity index (χ0v) is 9.69. The second-order valence-corrected chi connectivity index (χ2v) is 4.58. The van der Waals surface area contributed by atoms with Crippen LogP contribution in [0.4, 0.5) is 4.39 Å². The molecule has 0 aliphatic carbocycles. The number of hydrogen-bond acceptors (Lipinski definition) is 3. The fourth-order valence-corrected chi connectivity index (χ4v) is 2.11. The van der Waals surface area contributed by atoms with E-state index in [4.69, 9.17) is 11.6 Å². The molecule has 0 radical (unpaired) electrons. The second kappa shape index (κ2) is 4.95. The summed E-state index contributed by atoms with van der Waals surface area (Å²) in [5, 5.41) is 2.74. The first-order valence-electron chi connectivity index (χ1n) is 4.56. The largest absolute Gasteiger partial charge is 0.293 e. The number of carbonyl (C=O) groups excluding carboxylic acids is 1. The van der Waals surface area contributed by atoms with E-state index in [0.717, 1.165) is 5.56 Å². The zero-order valence-electron chi connectivity index (χ0n) is 8.11. The van der Waals surface area contributed by atoms with Gasteiger partial charge >= 0.3 is 0 Å². The van der Waals surface area contributed by atoms with Gasteiger partial charge in [-0.2, -0.15) is 0 Å². The number of thioether (sulfide) groups is 1. The van der Waals surface area contributed by atoms with Gasteiger partial charge in [0.05, 0.1) is 10.6 Å². The smallest absolute Gasteiger partial charge is 0.274 e. The lowest BCUT2D eigenvalue weighted by molar-refractivity contribution is -0.117. The molecule has 0 bridgehead atoms. The summed E-state index contributed by atoms with van der Waals surface area (Å²) < 4.78 is 12.9. The number of hydrogen-bond donors (Lipinski definition) is 1. The molecule has 0 saturated carbocycles. The fraction of sp³-hybridized carbons (Fsp3) is 0.200. The van der Waals surface area contributed by atoms with Crippen LogP contribution in [0.15, 0.2) is 23.2 Å². The van der Waals surface area contributed by atoms with Crippen LogP contribution < -0.4 is 5.32 Å². The van der Waals surface area contributed by atoms with Crippen molar-refractivity contribution in [3.05, 3.63) is 34.6 Å². The first kappa shape index (κ1) is 11.6. The van der Waals surface area contributed by atoms with E-state index in [1.165, 1.54) is 29.4 Å². The molecule has 1 unspecified atom stereocenters. The van der Waals surface area contributed by atoms with Crippen molar-refractivity contribution in [1.29, 1.82) is 0 Å². The summed E-state index contributed by atoms with van der Waals surface area (Å²) in [5.41, 5.74) is 2.34. The van der Waals surface area contributed by atoms with Crippen molar-refractivity contribution in [2.24, 2.45) is 4.99 Å². The van der Waals surface area contributed by atoms with E-state index < -0.39 is 5.82 Å². The lowest BCUT2D eigenvalue weighted by Crippen LogP contribution is -2.29. The third-order valence-electron chi connectivity index (χ3n) is 2.08. The van der Waals surface area contributed by atoms with Gasteiger partial charge in [0.15, 0.2) is 0 Å². The molecule has 1 atom stereocenters. The van der Waals surface area contributed by atoms with Crippen molar-refractivity contribution in [3.63, 3.8) is 0 Å². The fourth-order valence-electron chi connectivity index (χ4n) is 1.26. The van der Waals surface area contributed by atoms with Crippen LogP contribution in [0.2, 0.25) is 5.02 Å². The molecule has 2 rings (SSSR count). The summed E-state index contributed by atoms with van der Waals surface area (Å²) in [7, 11) is 0. The van der Waals surface area contributed by atoms with Crippen LogP contribution in [-0.2, 0) is 11.3 Å². The molecule has 1 aliphatic heterocycles. The van der Waals surface area contributed by atoms with Gasteiger partial charge in [0.1, 0.15) is 11.2 Å². The molecule has 0 aromatic heterocycles. The number of benzene rings is 1. The lowest BCUT2D eigenvalue weighted by Gasteiger charge is -2.09. The van der Waals surface area contributed by atoms with Crippen LogP contribution >= 0.6 is 23.4 Å². The van der Waals surface area contributed by atoms with Crippen molar-refractivity contribution in [1.82, 2.24) is 5.32 Å². The van der Waals surface area contributed by atoms with Gasteiger partial charge in [-0.05, 0) is 17.7 Å². The Labute approximate surface area is 101 Å². The van der Waals surface area contributed by atoms with E-state index >= 15 is 0 Å². The van der Waals surface area contributed by atoms with Gasteiger partial charge in [-0.3, -0.25) is 10.1 Å². The number of nitrogens with one attached hydrogen (secondary N) is 1. The third kappa shape index (κ3) is 2.61. The molecule has 3 nitrogen and oxygen atoms in total. The molecule has 16 heavy (non-hydrogen) atoms. The Kier molecular flexibility index (Phi) is 3.58. The molecule has 1 N–H and O–H groups in total. The summed E-state index contributed by atoms with van der Waals surface area (Å²) in [5.74, 6) is -0.640. The summed E-state index contributed by atoms with van der Waals surface area (Å²) in [6.45, 7) is 0.451. The Morgan fingerprint density at radius 1 is 1.56 bits per heavy atom. The van der Waals surface area contributed by atoms with Gasteiger partial charge in [0, 0.05) is 6.54 Å². The Morgan fingerprint density at radius 2 is 2.38 bits per heavy atom. The number of amides is 1. The summed E-state index contributed by atoms with van der Waals surface area (Å²) in [6, 6.07) is 4.47. The van der Waals surface area contributed by atoms with E-state index in [0.29, 0.717) is 6.54 Å². The molecule has 0 saturated heterocycles. The average Bonchev–Trinajstić information content (AvgIpc) is 2.66. The van der Waals surface area contributed by atoms with E-state index in [2.05, 4.69) is 10.3 Å². The highest BCUT2D eigenvalue weighted by Gasteiger charge is 2.21. The minimum absolute atomic E-state index is 0.0842. The molecule has 84 valence electrons. The topological polar surface area (TPSA) is 41.5 Å². The molecule has 1 aromatic rings. The number of aliphatic imine (C=N–C) groups is 1. The maximum absolute atomic E-state index is 12.9. The highest BCUT2D eigenvalue weighted by atomic mass is 35.5. The molecule has 1 aliphatic rings. The van der Waals surface area contributed by atoms with Gasteiger partial charge in [0.2, 0.25) is 0 Å². The zero-order chi connectivity index (χ0) is 11.5. The molecular weight excluding hydrogens is 251 g/mol. The minimum Gasteiger partial charge on any atom is -0.293 e. The third-order valence-corrected chi connectivity index (χ3v) is 3.23. The van der Waals surface area contributed by atoms with Crippen LogP contribution in [0.1, 0.15) is 5.56 Å². The van der Waals surface area contributed by atoms with Crippen molar-refractivity contribution >= 4 is 34.8 Å². The van der Waals surface area contributed by atoms with Gasteiger partial charge in [-0.1, -0.05) is 29.4 Å².